The Bertz CT molecular complexity index is 785. The number of aryl methyl sites for hydroxylation is 1. The highest BCUT2D eigenvalue weighted by molar-refractivity contribution is 5.85. The lowest BCUT2D eigenvalue weighted by atomic mass is 10.1. The Morgan fingerprint density at radius 1 is 1.17 bits per heavy atom. The van der Waals surface area contributed by atoms with E-state index in [0.717, 1.165) is 17.7 Å². The minimum atomic E-state index is -4.41. The van der Waals surface area contributed by atoms with Crippen molar-refractivity contribution in [1.82, 2.24) is 4.90 Å². The Balaban J connectivity index is 0.00000420. The number of halogens is 4. The molecule has 0 aliphatic heterocycles. The maximum Gasteiger partial charge on any atom is 0.416 e. The summed E-state index contributed by atoms with van der Waals surface area (Å²) in [5.41, 5.74) is 6.59. The summed E-state index contributed by atoms with van der Waals surface area (Å²) in [5.74, 6) is 0.0532. The van der Waals surface area contributed by atoms with Gasteiger partial charge in [-0.3, -0.25) is 4.79 Å². The van der Waals surface area contributed by atoms with E-state index in [9.17, 15) is 23.1 Å². The Hall–Kier alpha value is -2.45. The van der Waals surface area contributed by atoms with Gasteiger partial charge in [-0.15, -0.1) is 12.4 Å². The number of amides is 1. The largest absolute Gasteiger partial charge is 0.491 e. The first-order valence-corrected chi connectivity index (χ1v) is 8.72. The summed E-state index contributed by atoms with van der Waals surface area (Å²) in [6, 6.07) is 11.5. The zero-order valence-electron chi connectivity index (χ0n) is 15.9. The molecule has 3 N–H and O–H groups in total. The average Bonchev–Trinajstić information content (AvgIpc) is 2.65. The molecule has 0 saturated carbocycles. The standard InChI is InChI=1S/C20H23F3N2O3.ClH/c1-25(19(27)11-6-14-4-2-3-5-18(14)24)12-16(26)13-28-17-9-7-15(8-10-17)20(21,22)23;/h2-5,7-10,16,26H,6,11-13,24H2,1H3;1H. The average molecular weight is 433 g/mol. The molecule has 0 heterocycles. The van der Waals surface area contributed by atoms with Gasteiger partial charge in [0.2, 0.25) is 5.91 Å². The first-order valence-electron chi connectivity index (χ1n) is 8.72. The fraction of sp³-hybridized carbons (Fsp3) is 0.350. The maximum absolute atomic E-state index is 12.5. The second-order valence-corrected chi connectivity index (χ2v) is 6.46. The van der Waals surface area contributed by atoms with Gasteiger partial charge in [0.25, 0.3) is 0 Å². The van der Waals surface area contributed by atoms with Gasteiger partial charge in [0, 0.05) is 25.7 Å². The lowest BCUT2D eigenvalue weighted by molar-refractivity contribution is -0.137. The summed E-state index contributed by atoms with van der Waals surface area (Å²) in [6.07, 6.45) is -4.64. The molecule has 2 rings (SSSR count). The van der Waals surface area contributed by atoms with E-state index in [1.165, 1.54) is 17.0 Å². The first-order chi connectivity index (χ1) is 13.2. The van der Waals surface area contributed by atoms with Crippen LogP contribution in [0.15, 0.2) is 48.5 Å². The number of hydrogen-bond donors (Lipinski definition) is 2. The molecule has 0 saturated heterocycles. The number of likely N-dealkylation sites (N-methyl/N-ethyl adjacent to an activating group) is 1. The van der Waals surface area contributed by atoms with E-state index in [0.29, 0.717) is 12.1 Å². The smallest absolute Gasteiger partial charge is 0.416 e. The highest BCUT2D eigenvalue weighted by Crippen LogP contribution is 2.30. The van der Waals surface area contributed by atoms with Crippen LogP contribution in [-0.2, 0) is 17.4 Å². The van der Waals surface area contributed by atoms with Gasteiger partial charge in [-0.25, -0.2) is 0 Å². The fourth-order valence-corrected chi connectivity index (χ4v) is 2.60. The molecule has 1 atom stereocenters. The fourth-order valence-electron chi connectivity index (χ4n) is 2.60. The lowest BCUT2D eigenvalue weighted by Crippen LogP contribution is -2.37. The van der Waals surface area contributed by atoms with Crippen molar-refractivity contribution in [2.24, 2.45) is 0 Å². The Kier molecular flexibility index (Phi) is 9.26. The maximum atomic E-state index is 12.5. The molecular formula is C20H24ClF3N2O3. The van der Waals surface area contributed by atoms with Crippen LogP contribution < -0.4 is 10.5 Å². The summed E-state index contributed by atoms with van der Waals surface area (Å²) in [5, 5.41) is 10.0. The number of rotatable bonds is 8. The predicted molar refractivity (Wildman–Crippen MR) is 107 cm³/mol. The van der Waals surface area contributed by atoms with E-state index < -0.39 is 17.8 Å². The van der Waals surface area contributed by atoms with Crippen molar-refractivity contribution in [2.45, 2.75) is 25.1 Å². The predicted octanol–water partition coefficient (Wildman–Crippen LogP) is 3.54. The zero-order valence-corrected chi connectivity index (χ0v) is 16.7. The van der Waals surface area contributed by atoms with E-state index in [2.05, 4.69) is 0 Å². The minimum absolute atomic E-state index is 0. The number of ether oxygens (including phenoxy) is 1. The van der Waals surface area contributed by atoms with Gasteiger partial charge in [-0.05, 0) is 42.3 Å². The highest BCUT2D eigenvalue weighted by Gasteiger charge is 2.30. The molecule has 2 aromatic rings. The van der Waals surface area contributed by atoms with E-state index >= 15 is 0 Å². The molecule has 29 heavy (non-hydrogen) atoms. The van der Waals surface area contributed by atoms with Crippen LogP contribution in [0.25, 0.3) is 0 Å². The summed E-state index contributed by atoms with van der Waals surface area (Å²) in [7, 11) is 1.57. The molecule has 160 valence electrons. The number of nitrogens with two attached hydrogens (primary N) is 1. The van der Waals surface area contributed by atoms with Crippen molar-refractivity contribution in [1.29, 1.82) is 0 Å². The third-order valence-electron chi connectivity index (χ3n) is 4.20. The second kappa shape index (κ2) is 10.9. The number of anilines is 1. The summed E-state index contributed by atoms with van der Waals surface area (Å²) in [4.78, 5) is 13.6. The van der Waals surface area contributed by atoms with Gasteiger partial charge in [0.15, 0.2) is 0 Å². The van der Waals surface area contributed by atoms with Crippen LogP contribution in [0.5, 0.6) is 5.75 Å². The molecule has 0 aromatic heterocycles. The number of hydrogen-bond acceptors (Lipinski definition) is 4. The minimum Gasteiger partial charge on any atom is -0.491 e. The van der Waals surface area contributed by atoms with Crippen molar-refractivity contribution < 1.29 is 27.8 Å². The zero-order chi connectivity index (χ0) is 20.7. The molecule has 9 heteroatoms. The van der Waals surface area contributed by atoms with Gasteiger partial charge in [-0.1, -0.05) is 18.2 Å². The molecule has 5 nitrogen and oxygen atoms in total. The van der Waals surface area contributed by atoms with Crippen molar-refractivity contribution >= 4 is 24.0 Å². The van der Waals surface area contributed by atoms with Gasteiger partial charge < -0.3 is 20.5 Å². The molecular weight excluding hydrogens is 409 g/mol. The number of benzene rings is 2. The van der Waals surface area contributed by atoms with Crippen molar-refractivity contribution in [2.75, 3.05) is 25.9 Å². The molecule has 0 bridgehead atoms. The molecule has 2 aromatic carbocycles. The van der Waals surface area contributed by atoms with Gasteiger partial charge >= 0.3 is 6.18 Å². The summed E-state index contributed by atoms with van der Waals surface area (Å²) in [6.45, 7) is -0.0989. The van der Waals surface area contributed by atoms with Gasteiger partial charge in [0.1, 0.15) is 18.5 Å². The van der Waals surface area contributed by atoms with Crippen LogP contribution in [0.1, 0.15) is 17.5 Å². The van der Waals surface area contributed by atoms with Crippen LogP contribution in [-0.4, -0.2) is 42.2 Å². The Morgan fingerprint density at radius 3 is 2.38 bits per heavy atom. The molecule has 0 spiro atoms. The Morgan fingerprint density at radius 2 is 1.79 bits per heavy atom. The number of alkyl halides is 3. The van der Waals surface area contributed by atoms with E-state index in [4.69, 9.17) is 10.5 Å². The molecule has 1 unspecified atom stereocenters. The number of carbonyl (C=O) groups is 1. The van der Waals surface area contributed by atoms with Crippen LogP contribution in [0.2, 0.25) is 0 Å². The molecule has 0 fully saturated rings. The second-order valence-electron chi connectivity index (χ2n) is 6.46. The van der Waals surface area contributed by atoms with Crippen molar-refractivity contribution in [3.05, 3.63) is 59.7 Å². The van der Waals surface area contributed by atoms with E-state index in [-0.39, 0.29) is 43.6 Å². The van der Waals surface area contributed by atoms with Gasteiger partial charge in [0.05, 0.1) is 5.56 Å². The topological polar surface area (TPSA) is 75.8 Å². The summed E-state index contributed by atoms with van der Waals surface area (Å²) < 4.78 is 42.9. The number of nitrogens with zero attached hydrogens (tertiary/aromatic N) is 1. The number of aliphatic hydroxyl groups is 1. The molecule has 1 amide bonds. The van der Waals surface area contributed by atoms with E-state index in [1.54, 1.807) is 13.1 Å². The van der Waals surface area contributed by atoms with Crippen molar-refractivity contribution in [3.8, 4) is 5.75 Å². The highest BCUT2D eigenvalue weighted by atomic mass is 35.5. The lowest BCUT2D eigenvalue weighted by Gasteiger charge is -2.21. The van der Waals surface area contributed by atoms with Gasteiger partial charge in [-0.2, -0.15) is 13.2 Å². The normalized spacial score (nSPS) is 12.0. The monoisotopic (exact) mass is 432 g/mol. The summed E-state index contributed by atoms with van der Waals surface area (Å²) >= 11 is 0. The van der Waals surface area contributed by atoms with Crippen LogP contribution >= 0.6 is 12.4 Å². The number of aliphatic hydroxyl groups excluding tert-OH is 1. The molecule has 0 aliphatic carbocycles. The van der Waals surface area contributed by atoms with E-state index in [1.807, 2.05) is 18.2 Å². The molecule has 0 radical (unpaired) electrons. The third kappa shape index (κ3) is 7.83. The SMILES string of the molecule is CN(CC(O)COc1ccc(C(F)(F)F)cc1)C(=O)CCc1ccccc1N.Cl. The third-order valence-corrected chi connectivity index (χ3v) is 4.20. The first kappa shape index (κ1) is 24.6. The van der Waals surface area contributed by atoms with Crippen LogP contribution in [0, 0.1) is 0 Å². The van der Waals surface area contributed by atoms with Crippen molar-refractivity contribution in [3.63, 3.8) is 0 Å². The number of para-hydroxylation sites is 1. The number of carbonyl (C=O) groups excluding carboxylic acids is 1. The Labute approximate surface area is 173 Å². The number of nitrogen functional groups attached to an aromatic ring is 1. The molecule has 0 aliphatic rings. The van der Waals surface area contributed by atoms with Crippen LogP contribution in [0.4, 0.5) is 18.9 Å². The quantitative estimate of drug-likeness (QED) is 0.626. The van der Waals surface area contributed by atoms with Crippen LogP contribution in [0.3, 0.4) is 0 Å².